The second-order valence-corrected chi connectivity index (χ2v) is 5.94. The number of nitrogens with two attached hydrogens (primary N) is 1. The van der Waals surface area contributed by atoms with Gasteiger partial charge < -0.3 is 10.5 Å². The largest absolute Gasteiger partial charge is 0.379 e. The molecule has 1 aromatic rings. The molecular weight excluding hydrogens is 270 g/mol. The Morgan fingerprint density at radius 2 is 2.16 bits per heavy atom. The minimum atomic E-state index is -3.56. The van der Waals surface area contributed by atoms with Gasteiger partial charge in [-0.15, -0.1) is 4.83 Å². The van der Waals surface area contributed by atoms with Gasteiger partial charge in [0.05, 0.1) is 19.4 Å². The first-order chi connectivity index (χ1) is 9.12. The van der Waals surface area contributed by atoms with Gasteiger partial charge in [-0.05, 0) is 13.0 Å². The summed E-state index contributed by atoms with van der Waals surface area (Å²) >= 11 is 0. The van der Waals surface area contributed by atoms with E-state index in [4.69, 9.17) is 10.5 Å². The average Bonchev–Trinajstić information content (AvgIpc) is 2.86. The van der Waals surface area contributed by atoms with Crippen LogP contribution in [-0.2, 0) is 21.3 Å². The van der Waals surface area contributed by atoms with E-state index in [9.17, 15) is 8.42 Å². The van der Waals surface area contributed by atoms with Gasteiger partial charge in [-0.1, -0.05) is 0 Å². The molecule has 0 aromatic carbocycles. The topological polar surface area (TPSA) is 102 Å². The zero-order chi connectivity index (χ0) is 13.7. The van der Waals surface area contributed by atoms with Gasteiger partial charge >= 0.3 is 0 Å². The molecular formula is C10H19N5O3S. The Kier molecular flexibility index (Phi) is 4.88. The summed E-state index contributed by atoms with van der Waals surface area (Å²) in [5.74, 6) is 0. The Bertz CT molecular complexity index is 495. The molecule has 1 fully saturated rings. The van der Waals surface area contributed by atoms with Crippen molar-refractivity contribution in [3.63, 3.8) is 0 Å². The van der Waals surface area contributed by atoms with Crippen molar-refractivity contribution in [3.8, 4) is 0 Å². The van der Waals surface area contributed by atoms with E-state index in [2.05, 4.69) is 9.93 Å². The van der Waals surface area contributed by atoms with Crippen LogP contribution in [-0.4, -0.2) is 56.1 Å². The van der Waals surface area contributed by atoms with E-state index in [0.29, 0.717) is 39.4 Å². The van der Waals surface area contributed by atoms with Crippen LogP contribution in [0.15, 0.2) is 17.3 Å². The smallest absolute Gasteiger partial charge is 0.256 e. The average molecular weight is 289 g/mol. The second-order valence-electron chi connectivity index (χ2n) is 4.28. The number of hydrogen-bond donors (Lipinski definition) is 2. The fourth-order valence-electron chi connectivity index (χ4n) is 1.74. The molecule has 9 heteroatoms. The molecule has 2 heterocycles. The van der Waals surface area contributed by atoms with Crippen molar-refractivity contribution < 1.29 is 13.2 Å². The maximum atomic E-state index is 12.1. The van der Waals surface area contributed by atoms with E-state index >= 15 is 0 Å². The number of sulfonamides is 1. The molecule has 1 saturated heterocycles. The van der Waals surface area contributed by atoms with Crippen LogP contribution in [0.5, 0.6) is 0 Å². The van der Waals surface area contributed by atoms with Crippen molar-refractivity contribution in [2.24, 2.45) is 5.73 Å². The highest BCUT2D eigenvalue weighted by molar-refractivity contribution is 7.89. The van der Waals surface area contributed by atoms with E-state index in [1.807, 2.05) is 0 Å². The monoisotopic (exact) mass is 289 g/mol. The Morgan fingerprint density at radius 1 is 1.42 bits per heavy atom. The highest BCUT2D eigenvalue weighted by Crippen LogP contribution is 2.08. The van der Waals surface area contributed by atoms with E-state index in [0.717, 1.165) is 6.42 Å². The fraction of sp³-hybridized carbons (Fsp3) is 0.700. The highest BCUT2D eigenvalue weighted by Gasteiger charge is 2.21. The number of nitrogens with zero attached hydrogens (tertiary/aromatic N) is 3. The molecule has 0 radical (unpaired) electrons. The maximum absolute atomic E-state index is 12.1. The third-order valence-electron chi connectivity index (χ3n) is 2.77. The zero-order valence-electron chi connectivity index (χ0n) is 10.7. The standard InChI is InChI=1S/C10H19N5O3S/c11-2-1-3-15-9-10(8-12-15)19(16,17)13-14-4-6-18-7-5-14/h8-9,13H,1-7,11H2. The third kappa shape index (κ3) is 3.98. The van der Waals surface area contributed by atoms with Gasteiger partial charge in [0.25, 0.3) is 10.0 Å². The predicted molar refractivity (Wildman–Crippen MR) is 68.6 cm³/mol. The van der Waals surface area contributed by atoms with Crippen LogP contribution >= 0.6 is 0 Å². The Morgan fingerprint density at radius 3 is 2.84 bits per heavy atom. The first-order valence-electron chi connectivity index (χ1n) is 6.19. The molecule has 2 rings (SSSR count). The van der Waals surface area contributed by atoms with E-state index in [-0.39, 0.29) is 4.90 Å². The van der Waals surface area contributed by atoms with Gasteiger partial charge in [0.15, 0.2) is 0 Å². The van der Waals surface area contributed by atoms with Crippen molar-refractivity contribution in [2.75, 3.05) is 32.8 Å². The van der Waals surface area contributed by atoms with Crippen LogP contribution in [0.2, 0.25) is 0 Å². The molecule has 0 aliphatic carbocycles. The third-order valence-corrected chi connectivity index (χ3v) is 4.10. The van der Waals surface area contributed by atoms with Gasteiger partial charge in [0, 0.05) is 25.8 Å². The van der Waals surface area contributed by atoms with E-state index < -0.39 is 10.0 Å². The fourth-order valence-corrected chi connectivity index (χ4v) is 2.81. The van der Waals surface area contributed by atoms with Crippen LogP contribution in [0.3, 0.4) is 0 Å². The van der Waals surface area contributed by atoms with Gasteiger partial charge in [-0.25, -0.2) is 13.4 Å². The minimum absolute atomic E-state index is 0.163. The van der Waals surface area contributed by atoms with Crippen molar-refractivity contribution in [2.45, 2.75) is 17.9 Å². The molecule has 0 bridgehead atoms. The molecule has 1 aliphatic heterocycles. The van der Waals surface area contributed by atoms with Crippen LogP contribution in [0.1, 0.15) is 6.42 Å². The molecule has 3 N–H and O–H groups in total. The Hall–Kier alpha value is -1.00. The molecule has 1 aliphatic rings. The lowest BCUT2D eigenvalue weighted by Crippen LogP contribution is -2.48. The molecule has 108 valence electrons. The maximum Gasteiger partial charge on any atom is 0.256 e. The van der Waals surface area contributed by atoms with Crippen LogP contribution < -0.4 is 10.6 Å². The minimum Gasteiger partial charge on any atom is -0.379 e. The summed E-state index contributed by atoms with van der Waals surface area (Å²) in [5, 5.41) is 5.65. The van der Waals surface area contributed by atoms with Gasteiger partial charge in [0.2, 0.25) is 0 Å². The predicted octanol–water partition coefficient (Wildman–Crippen LogP) is -1.24. The van der Waals surface area contributed by atoms with Crippen molar-refractivity contribution >= 4 is 10.0 Å². The number of morpholine rings is 1. The number of nitrogens with one attached hydrogen (secondary N) is 1. The summed E-state index contributed by atoms with van der Waals surface area (Å²) in [5.41, 5.74) is 5.40. The summed E-state index contributed by atoms with van der Waals surface area (Å²) in [4.78, 5) is 2.69. The van der Waals surface area contributed by atoms with Gasteiger partial charge in [-0.2, -0.15) is 5.10 Å². The number of aromatic nitrogens is 2. The summed E-state index contributed by atoms with van der Waals surface area (Å²) < 4.78 is 31.0. The van der Waals surface area contributed by atoms with E-state index in [1.54, 1.807) is 9.69 Å². The molecule has 0 amide bonds. The van der Waals surface area contributed by atoms with Crippen molar-refractivity contribution in [3.05, 3.63) is 12.4 Å². The molecule has 19 heavy (non-hydrogen) atoms. The molecule has 0 unspecified atom stereocenters. The normalized spacial score (nSPS) is 17.7. The SMILES string of the molecule is NCCCn1cc(S(=O)(=O)NN2CCOCC2)cn1. The van der Waals surface area contributed by atoms with Gasteiger partial charge in [-0.3, -0.25) is 4.68 Å². The number of rotatable bonds is 6. The quantitative estimate of drug-likeness (QED) is 0.679. The summed E-state index contributed by atoms with van der Waals surface area (Å²) in [6, 6.07) is 0. The van der Waals surface area contributed by atoms with Crippen molar-refractivity contribution in [1.82, 2.24) is 19.6 Å². The van der Waals surface area contributed by atoms with Crippen LogP contribution in [0.4, 0.5) is 0 Å². The van der Waals surface area contributed by atoms with Crippen LogP contribution in [0, 0.1) is 0 Å². The molecule has 8 nitrogen and oxygen atoms in total. The van der Waals surface area contributed by atoms with Crippen LogP contribution in [0.25, 0.3) is 0 Å². The number of ether oxygens (including phenoxy) is 1. The van der Waals surface area contributed by atoms with Gasteiger partial charge in [0.1, 0.15) is 4.90 Å². The highest BCUT2D eigenvalue weighted by atomic mass is 32.2. The van der Waals surface area contributed by atoms with Crippen molar-refractivity contribution in [1.29, 1.82) is 0 Å². The van der Waals surface area contributed by atoms with E-state index in [1.165, 1.54) is 12.4 Å². The second kappa shape index (κ2) is 6.44. The first-order valence-corrected chi connectivity index (χ1v) is 7.68. The molecule has 0 spiro atoms. The molecule has 0 atom stereocenters. The number of aryl methyl sites for hydroxylation is 1. The lowest BCUT2D eigenvalue weighted by molar-refractivity contribution is 0.0272. The zero-order valence-corrected chi connectivity index (χ0v) is 11.5. The molecule has 0 saturated carbocycles. The Labute approximate surface area is 112 Å². The number of hydrazine groups is 1. The summed E-state index contributed by atoms with van der Waals surface area (Å²) in [6.07, 6.45) is 3.62. The Balaban J connectivity index is 1.99. The lowest BCUT2D eigenvalue weighted by atomic mass is 10.4. The summed E-state index contributed by atoms with van der Waals surface area (Å²) in [6.45, 7) is 3.30. The lowest BCUT2D eigenvalue weighted by Gasteiger charge is -2.26. The summed E-state index contributed by atoms with van der Waals surface area (Å²) in [7, 11) is -3.56. The first kappa shape index (κ1) is 14.4. The molecule has 1 aromatic heterocycles. The number of hydrogen-bond acceptors (Lipinski definition) is 6.